The summed E-state index contributed by atoms with van der Waals surface area (Å²) >= 11 is 0. The first-order valence-corrected chi connectivity index (χ1v) is 9.67. The lowest BCUT2D eigenvalue weighted by Crippen LogP contribution is -2.58. The van der Waals surface area contributed by atoms with Gasteiger partial charge in [-0.3, -0.25) is 4.90 Å². The Bertz CT molecular complexity index is 732. The minimum atomic E-state index is 0.0401. The molecule has 2 aromatic rings. The lowest BCUT2D eigenvalue weighted by atomic mass is 9.92. The van der Waals surface area contributed by atoms with Gasteiger partial charge in [-0.25, -0.2) is 4.98 Å². The van der Waals surface area contributed by atoms with E-state index in [2.05, 4.69) is 59.9 Å². The summed E-state index contributed by atoms with van der Waals surface area (Å²) in [6, 6.07) is 4.69. The van der Waals surface area contributed by atoms with Crippen molar-refractivity contribution >= 4 is 5.82 Å². The Kier molecular flexibility index (Phi) is 4.47. The molecule has 140 valence electrons. The van der Waals surface area contributed by atoms with Gasteiger partial charge in [-0.05, 0) is 38.4 Å². The SMILES string of the molecule is CN(Cc1nc2c(o1)CCCC2)C1CN(c2ccc(C(C)(C)C)nn2)C1. The van der Waals surface area contributed by atoms with Crippen LogP contribution in [0.3, 0.4) is 0 Å². The summed E-state index contributed by atoms with van der Waals surface area (Å²) in [5, 5.41) is 8.81. The highest BCUT2D eigenvalue weighted by molar-refractivity contribution is 5.42. The molecule has 1 fully saturated rings. The van der Waals surface area contributed by atoms with E-state index in [0.717, 1.165) is 55.6 Å². The second-order valence-corrected chi connectivity index (χ2v) is 8.69. The Labute approximate surface area is 155 Å². The largest absolute Gasteiger partial charge is 0.444 e. The fourth-order valence-electron chi connectivity index (χ4n) is 3.63. The maximum atomic E-state index is 5.96. The van der Waals surface area contributed by atoms with Crippen LogP contribution in [0.25, 0.3) is 0 Å². The van der Waals surface area contributed by atoms with Gasteiger partial charge in [-0.2, -0.15) is 5.10 Å². The molecule has 1 saturated heterocycles. The molecule has 0 atom stereocenters. The van der Waals surface area contributed by atoms with Gasteiger partial charge < -0.3 is 9.32 Å². The average Bonchev–Trinajstić information content (AvgIpc) is 2.95. The van der Waals surface area contributed by atoms with E-state index >= 15 is 0 Å². The lowest BCUT2D eigenvalue weighted by molar-refractivity contribution is 0.179. The van der Waals surface area contributed by atoms with Crippen LogP contribution in [-0.2, 0) is 24.8 Å². The zero-order valence-electron chi connectivity index (χ0n) is 16.3. The summed E-state index contributed by atoms with van der Waals surface area (Å²) in [6.45, 7) is 9.20. The third-order valence-corrected chi connectivity index (χ3v) is 5.50. The molecule has 2 aliphatic rings. The Morgan fingerprint density at radius 1 is 1.15 bits per heavy atom. The predicted molar refractivity (Wildman–Crippen MR) is 101 cm³/mol. The molecule has 6 nitrogen and oxygen atoms in total. The van der Waals surface area contributed by atoms with Crippen LogP contribution in [0, 0.1) is 0 Å². The maximum Gasteiger partial charge on any atom is 0.208 e. The van der Waals surface area contributed by atoms with Crippen molar-refractivity contribution < 1.29 is 4.42 Å². The van der Waals surface area contributed by atoms with Crippen molar-refractivity contribution in [2.24, 2.45) is 0 Å². The number of likely N-dealkylation sites (N-methyl/N-ethyl adjacent to an activating group) is 1. The van der Waals surface area contributed by atoms with E-state index in [4.69, 9.17) is 9.40 Å². The molecule has 1 aliphatic carbocycles. The molecule has 4 rings (SSSR count). The fraction of sp³-hybridized carbons (Fsp3) is 0.650. The molecule has 0 spiro atoms. The number of hydrogen-bond acceptors (Lipinski definition) is 6. The normalized spacial score (nSPS) is 18.1. The highest BCUT2D eigenvalue weighted by Crippen LogP contribution is 2.26. The van der Waals surface area contributed by atoms with Gasteiger partial charge in [0, 0.05) is 31.0 Å². The molecular weight excluding hydrogens is 326 g/mol. The van der Waals surface area contributed by atoms with E-state index in [9.17, 15) is 0 Å². The molecule has 26 heavy (non-hydrogen) atoms. The molecular formula is C20H29N5O. The zero-order valence-corrected chi connectivity index (χ0v) is 16.3. The summed E-state index contributed by atoms with van der Waals surface area (Å²) < 4.78 is 5.96. The van der Waals surface area contributed by atoms with Crippen molar-refractivity contribution in [3.63, 3.8) is 0 Å². The predicted octanol–water partition coefficient (Wildman–Crippen LogP) is 2.96. The van der Waals surface area contributed by atoms with Gasteiger partial charge in [0.15, 0.2) is 5.82 Å². The Hall–Kier alpha value is -1.95. The van der Waals surface area contributed by atoms with Gasteiger partial charge in [0.25, 0.3) is 0 Å². The average molecular weight is 355 g/mol. The Morgan fingerprint density at radius 2 is 1.92 bits per heavy atom. The number of aryl methyl sites for hydroxylation is 2. The third kappa shape index (κ3) is 3.47. The van der Waals surface area contributed by atoms with Crippen molar-refractivity contribution in [1.82, 2.24) is 20.1 Å². The highest BCUT2D eigenvalue weighted by atomic mass is 16.4. The first kappa shape index (κ1) is 17.5. The summed E-state index contributed by atoms with van der Waals surface area (Å²) in [5.41, 5.74) is 2.26. The van der Waals surface area contributed by atoms with Crippen LogP contribution in [0.15, 0.2) is 16.5 Å². The number of rotatable bonds is 4. The minimum absolute atomic E-state index is 0.0401. The molecule has 2 aromatic heterocycles. The van der Waals surface area contributed by atoms with Crippen molar-refractivity contribution in [3.8, 4) is 0 Å². The second-order valence-electron chi connectivity index (χ2n) is 8.69. The summed E-state index contributed by atoms with van der Waals surface area (Å²) in [5.74, 6) is 2.95. The Morgan fingerprint density at radius 3 is 2.58 bits per heavy atom. The van der Waals surface area contributed by atoms with Crippen LogP contribution in [0.4, 0.5) is 5.82 Å². The van der Waals surface area contributed by atoms with Gasteiger partial charge in [-0.15, -0.1) is 5.10 Å². The lowest BCUT2D eigenvalue weighted by Gasteiger charge is -2.44. The van der Waals surface area contributed by atoms with Crippen LogP contribution in [-0.4, -0.2) is 46.3 Å². The van der Waals surface area contributed by atoms with E-state index in [1.165, 1.54) is 18.5 Å². The second kappa shape index (κ2) is 6.65. The van der Waals surface area contributed by atoms with Crippen LogP contribution in [0.5, 0.6) is 0 Å². The van der Waals surface area contributed by atoms with Crippen LogP contribution in [0.1, 0.15) is 56.7 Å². The van der Waals surface area contributed by atoms with Gasteiger partial charge in [0.05, 0.1) is 17.9 Å². The molecule has 0 radical (unpaired) electrons. The van der Waals surface area contributed by atoms with E-state index in [1.54, 1.807) is 0 Å². The molecule has 1 aliphatic heterocycles. The number of aromatic nitrogens is 3. The number of fused-ring (bicyclic) bond motifs is 1. The summed E-state index contributed by atoms with van der Waals surface area (Å²) in [7, 11) is 2.15. The third-order valence-electron chi connectivity index (χ3n) is 5.50. The van der Waals surface area contributed by atoms with Crippen molar-refractivity contribution in [3.05, 3.63) is 35.2 Å². The minimum Gasteiger partial charge on any atom is -0.444 e. The van der Waals surface area contributed by atoms with Crippen LogP contribution in [0.2, 0.25) is 0 Å². The summed E-state index contributed by atoms with van der Waals surface area (Å²) in [6.07, 6.45) is 4.58. The number of hydrogen-bond donors (Lipinski definition) is 0. The molecule has 6 heteroatoms. The monoisotopic (exact) mass is 355 g/mol. The smallest absolute Gasteiger partial charge is 0.208 e. The molecule has 3 heterocycles. The van der Waals surface area contributed by atoms with Crippen molar-refractivity contribution in [1.29, 1.82) is 0 Å². The standard InChI is InChI=1S/C20H29N5O/c1-20(2,3)17-9-10-18(23-22-17)25-11-14(12-25)24(4)13-19-21-15-7-5-6-8-16(15)26-19/h9-10,14H,5-8,11-13H2,1-4H3. The molecule has 0 saturated carbocycles. The van der Waals surface area contributed by atoms with Gasteiger partial charge >= 0.3 is 0 Å². The molecule has 0 N–H and O–H groups in total. The van der Waals surface area contributed by atoms with Crippen molar-refractivity contribution in [2.75, 3.05) is 25.0 Å². The molecule has 0 aromatic carbocycles. The van der Waals surface area contributed by atoms with Crippen LogP contribution < -0.4 is 4.90 Å². The number of nitrogens with zero attached hydrogens (tertiary/aromatic N) is 5. The highest BCUT2D eigenvalue weighted by Gasteiger charge is 2.32. The Balaban J connectivity index is 1.32. The molecule has 0 unspecified atom stereocenters. The van der Waals surface area contributed by atoms with Gasteiger partial charge in [0.1, 0.15) is 5.76 Å². The van der Waals surface area contributed by atoms with E-state index < -0.39 is 0 Å². The zero-order chi connectivity index (χ0) is 18.3. The molecule has 0 amide bonds. The topological polar surface area (TPSA) is 58.3 Å². The van der Waals surface area contributed by atoms with E-state index in [-0.39, 0.29) is 5.41 Å². The van der Waals surface area contributed by atoms with Crippen LogP contribution >= 0.6 is 0 Å². The quantitative estimate of drug-likeness (QED) is 0.840. The summed E-state index contributed by atoms with van der Waals surface area (Å²) in [4.78, 5) is 9.31. The van der Waals surface area contributed by atoms with Gasteiger partial charge in [0.2, 0.25) is 5.89 Å². The van der Waals surface area contributed by atoms with Gasteiger partial charge in [-0.1, -0.05) is 20.8 Å². The fourth-order valence-corrected chi connectivity index (χ4v) is 3.63. The number of anilines is 1. The van der Waals surface area contributed by atoms with E-state index in [0.29, 0.717) is 6.04 Å². The number of oxazole rings is 1. The first-order chi connectivity index (χ1) is 12.4. The van der Waals surface area contributed by atoms with E-state index in [1.807, 2.05) is 0 Å². The maximum absolute atomic E-state index is 5.96. The molecule has 0 bridgehead atoms. The first-order valence-electron chi connectivity index (χ1n) is 9.67. The van der Waals surface area contributed by atoms with Crippen molar-refractivity contribution in [2.45, 2.75) is 64.5 Å².